The van der Waals surface area contributed by atoms with E-state index in [1.807, 2.05) is 6.07 Å². The molecular weight excluding hydrogens is 418 g/mol. The summed E-state index contributed by atoms with van der Waals surface area (Å²) < 4.78 is 32.3. The first-order chi connectivity index (χ1) is 14.9. The molecule has 8 nitrogen and oxygen atoms in total. The molecule has 0 atom stereocenters. The second-order valence-electron chi connectivity index (χ2n) is 7.62. The number of amides is 2. The summed E-state index contributed by atoms with van der Waals surface area (Å²) in [6.45, 7) is 2.58. The van der Waals surface area contributed by atoms with Crippen LogP contribution in [0.1, 0.15) is 28.8 Å². The molecule has 1 N–H and O–H groups in total. The van der Waals surface area contributed by atoms with Gasteiger partial charge in [-0.15, -0.1) is 0 Å². The van der Waals surface area contributed by atoms with Crippen molar-refractivity contribution in [3.63, 3.8) is 0 Å². The summed E-state index contributed by atoms with van der Waals surface area (Å²) in [5.74, 6) is -0.205. The highest BCUT2D eigenvalue weighted by atomic mass is 32.2. The van der Waals surface area contributed by atoms with E-state index in [1.165, 1.54) is 16.4 Å². The zero-order valence-corrected chi connectivity index (χ0v) is 17.9. The molecule has 0 radical (unpaired) electrons. The Morgan fingerprint density at radius 3 is 2.55 bits per heavy atom. The molecule has 4 rings (SSSR count). The largest absolute Gasteiger partial charge is 0.379 e. The minimum atomic E-state index is -3.65. The normalized spacial score (nSPS) is 17.7. The van der Waals surface area contributed by atoms with Crippen molar-refractivity contribution >= 4 is 27.5 Å². The fraction of sp³-hybridized carbons (Fsp3) is 0.364. The van der Waals surface area contributed by atoms with E-state index in [2.05, 4.69) is 5.32 Å². The van der Waals surface area contributed by atoms with E-state index in [9.17, 15) is 18.0 Å². The van der Waals surface area contributed by atoms with Crippen molar-refractivity contribution in [2.45, 2.75) is 24.3 Å². The maximum absolute atomic E-state index is 12.9. The summed E-state index contributed by atoms with van der Waals surface area (Å²) in [5, 5.41) is 2.78. The maximum Gasteiger partial charge on any atom is 0.255 e. The second kappa shape index (κ2) is 9.17. The number of ether oxygens (including phenoxy) is 1. The van der Waals surface area contributed by atoms with Crippen LogP contribution in [0.4, 0.5) is 5.69 Å². The van der Waals surface area contributed by atoms with Gasteiger partial charge < -0.3 is 15.0 Å². The third-order valence-corrected chi connectivity index (χ3v) is 7.33. The van der Waals surface area contributed by atoms with E-state index in [0.717, 1.165) is 18.5 Å². The van der Waals surface area contributed by atoms with E-state index < -0.39 is 10.0 Å². The monoisotopic (exact) mass is 443 g/mol. The van der Waals surface area contributed by atoms with Crippen molar-refractivity contribution in [1.82, 2.24) is 9.21 Å². The Labute approximate surface area is 181 Å². The smallest absolute Gasteiger partial charge is 0.255 e. The van der Waals surface area contributed by atoms with E-state index in [0.29, 0.717) is 50.5 Å². The minimum absolute atomic E-state index is 0.133. The molecule has 31 heavy (non-hydrogen) atoms. The number of anilines is 1. The van der Waals surface area contributed by atoms with Crippen LogP contribution in [-0.4, -0.2) is 62.3 Å². The SMILES string of the molecule is O=C(Nc1cccc(S(=O)(=O)N2CCOCC2)c1)c1cccc(CN2CCCC2=O)c1. The van der Waals surface area contributed by atoms with Gasteiger partial charge in [0.2, 0.25) is 15.9 Å². The standard InChI is InChI=1S/C22H25N3O5S/c26-21-8-3-9-24(21)16-17-4-1-5-18(14-17)22(27)23-19-6-2-7-20(15-19)31(28,29)25-10-12-30-13-11-25/h1-2,4-7,14-15H,3,8-13,16H2,(H,23,27). The number of carbonyl (C=O) groups excluding carboxylic acids is 2. The lowest BCUT2D eigenvalue weighted by atomic mass is 10.1. The van der Waals surface area contributed by atoms with Crippen LogP contribution in [0.3, 0.4) is 0 Å². The first-order valence-electron chi connectivity index (χ1n) is 10.3. The van der Waals surface area contributed by atoms with Crippen molar-refractivity contribution in [2.24, 2.45) is 0 Å². The van der Waals surface area contributed by atoms with Gasteiger partial charge in [0.05, 0.1) is 18.1 Å². The van der Waals surface area contributed by atoms with Crippen molar-refractivity contribution < 1.29 is 22.7 Å². The Bertz CT molecular complexity index is 1080. The molecule has 0 aliphatic carbocycles. The number of likely N-dealkylation sites (tertiary alicyclic amines) is 1. The number of nitrogens with one attached hydrogen (secondary N) is 1. The molecule has 0 saturated carbocycles. The molecule has 2 fully saturated rings. The third-order valence-electron chi connectivity index (χ3n) is 5.43. The number of nitrogens with zero attached hydrogens (tertiary/aromatic N) is 2. The first kappa shape index (κ1) is 21.5. The number of carbonyl (C=O) groups is 2. The summed E-state index contributed by atoms with van der Waals surface area (Å²) in [6, 6.07) is 13.4. The zero-order valence-electron chi connectivity index (χ0n) is 17.1. The number of benzene rings is 2. The van der Waals surface area contributed by atoms with Crippen molar-refractivity contribution in [2.75, 3.05) is 38.2 Å². The molecule has 2 aliphatic heterocycles. The summed E-state index contributed by atoms with van der Waals surface area (Å²) in [4.78, 5) is 26.5. The maximum atomic E-state index is 12.9. The Morgan fingerprint density at radius 2 is 1.81 bits per heavy atom. The molecule has 2 amide bonds. The van der Waals surface area contributed by atoms with Crippen molar-refractivity contribution in [3.05, 3.63) is 59.7 Å². The van der Waals surface area contributed by atoms with Gasteiger partial charge in [-0.05, 0) is 42.3 Å². The van der Waals surface area contributed by atoms with Crippen LogP contribution in [-0.2, 0) is 26.1 Å². The van der Waals surface area contributed by atoms with Crippen LogP contribution in [0.2, 0.25) is 0 Å². The zero-order chi connectivity index (χ0) is 21.8. The van der Waals surface area contributed by atoms with Gasteiger partial charge in [0.25, 0.3) is 5.91 Å². The van der Waals surface area contributed by atoms with Gasteiger partial charge in [-0.2, -0.15) is 4.31 Å². The van der Waals surface area contributed by atoms with Crippen LogP contribution in [0, 0.1) is 0 Å². The van der Waals surface area contributed by atoms with Gasteiger partial charge in [0, 0.05) is 43.9 Å². The number of hydrogen-bond donors (Lipinski definition) is 1. The average Bonchev–Trinajstić information content (AvgIpc) is 3.19. The summed E-state index contributed by atoms with van der Waals surface area (Å²) in [5.41, 5.74) is 1.73. The highest BCUT2D eigenvalue weighted by Crippen LogP contribution is 2.21. The summed E-state index contributed by atoms with van der Waals surface area (Å²) >= 11 is 0. The van der Waals surface area contributed by atoms with Gasteiger partial charge in [-0.25, -0.2) is 8.42 Å². The van der Waals surface area contributed by atoms with E-state index in [-0.39, 0.29) is 16.7 Å². The van der Waals surface area contributed by atoms with E-state index in [4.69, 9.17) is 4.74 Å². The van der Waals surface area contributed by atoms with Crippen LogP contribution in [0.25, 0.3) is 0 Å². The number of rotatable bonds is 6. The fourth-order valence-electron chi connectivity index (χ4n) is 3.78. The molecule has 0 aromatic heterocycles. The van der Waals surface area contributed by atoms with Gasteiger partial charge in [-0.3, -0.25) is 9.59 Å². The average molecular weight is 444 g/mol. The molecular formula is C22H25N3O5S. The van der Waals surface area contributed by atoms with Crippen LogP contribution in [0.5, 0.6) is 0 Å². The summed E-state index contributed by atoms with van der Waals surface area (Å²) in [7, 11) is -3.65. The molecule has 0 spiro atoms. The van der Waals surface area contributed by atoms with Gasteiger partial charge >= 0.3 is 0 Å². The Hall–Kier alpha value is -2.75. The van der Waals surface area contributed by atoms with Crippen molar-refractivity contribution in [3.8, 4) is 0 Å². The lowest BCUT2D eigenvalue weighted by Crippen LogP contribution is -2.40. The number of morpholine rings is 1. The molecule has 2 heterocycles. The molecule has 2 aliphatic rings. The molecule has 2 aromatic carbocycles. The number of sulfonamides is 1. The molecule has 164 valence electrons. The first-order valence-corrected chi connectivity index (χ1v) is 11.7. The minimum Gasteiger partial charge on any atom is -0.379 e. The lowest BCUT2D eigenvalue weighted by molar-refractivity contribution is -0.128. The fourth-order valence-corrected chi connectivity index (χ4v) is 5.23. The molecule has 9 heteroatoms. The second-order valence-corrected chi connectivity index (χ2v) is 9.56. The molecule has 0 unspecified atom stereocenters. The highest BCUT2D eigenvalue weighted by Gasteiger charge is 2.26. The Kier molecular flexibility index (Phi) is 6.35. The van der Waals surface area contributed by atoms with Gasteiger partial charge in [-0.1, -0.05) is 18.2 Å². The van der Waals surface area contributed by atoms with Crippen molar-refractivity contribution in [1.29, 1.82) is 0 Å². The van der Waals surface area contributed by atoms with E-state index >= 15 is 0 Å². The van der Waals surface area contributed by atoms with E-state index in [1.54, 1.807) is 35.2 Å². The third kappa shape index (κ3) is 4.95. The van der Waals surface area contributed by atoms with Gasteiger partial charge in [0.15, 0.2) is 0 Å². The Morgan fingerprint density at radius 1 is 1.03 bits per heavy atom. The lowest BCUT2D eigenvalue weighted by Gasteiger charge is -2.26. The molecule has 2 saturated heterocycles. The summed E-state index contributed by atoms with van der Waals surface area (Å²) in [6.07, 6.45) is 1.44. The molecule has 2 aromatic rings. The van der Waals surface area contributed by atoms with Gasteiger partial charge in [0.1, 0.15) is 0 Å². The Balaban J connectivity index is 1.47. The van der Waals surface area contributed by atoms with Crippen LogP contribution in [0.15, 0.2) is 53.4 Å². The predicted octanol–water partition coefficient (Wildman–Crippen LogP) is 2.08. The van der Waals surface area contributed by atoms with Crippen LogP contribution < -0.4 is 5.32 Å². The predicted molar refractivity (Wildman–Crippen MR) is 115 cm³/mol. The van der Waals surface area contributed by atoms with Crippen LogP contribution >= 0.6 is 0 Å². The topological polar surface area (TPSA) is 96.0 Å². The number of hydrogen-bond acceptors (Lipinski definition) is 5. The quantitative estimate of drug-likeness (QED) is 0.738. The highest BCUT2D eigenvalue weighted by molar-refractivity contribution is 7.89. The molecule has 0 bridgehead atoms.